The van der Waals surface area contributed by atoms with E-state index in [1.165, 1.54) is 0 Å². The van der Waals surface area contributed by atoms with Gasteiger partial charge in [0.1, 0.15) is 11.5 Å². The Labute approximate surface area is 156 Å². The molecular formula is C20H20N2O3S. The third-order valence-corrected chi connectivity index (χ3v) is 4.92. The summed E-state index contributed by atoms with van der Waals surface area (Å²) >= 11 is 1.58. The second-order valence-corrected chi connectivity index (χ2v) is 6.61. The number of benzene rings is 1. The summed E-state index contributed by atoms with van der Waals surface area (Å²) in [6.45, 7) is 4.04. The highest BCUT2D eigenvalue weighted by atomic mass is 32.1. The molecule has 0 aliphatic carbocycles. The van der Waals surface area contributed by atoms with E-state index >= 15 is 0 Å². The molecule has 0 fully saturated rings. The number of nitrogens with zero attached hydrogens (tertiary/aromatic N) is 2. The molecule has 6 heteroatoms. The lowest BCUT2D eigenvalue weighted by Crippen LogP contribution is -2.00. The van der Waals surface area contributed by atoms with Crippen LogP contribution in [0.4, 0.5) is 0 Å². The van der Waals surface area contributed by atoms with Gasteiger partial charge in [0.15, 0.2) is 10.9 Å². The number of allylic oxidation sites excluding steroid dienone is 1. The first-order valence-corrected chi connectivity index (χ1v) is 8.96. The van der Waals surface area contributed by atoms with Crippen LogP contribution >= 0.6 is 11.3 Å². The molecule has 5 nitrogen and oxygen atoms in total. The quantitative estimate of drug-likeness (QED) is 0.476. The molecule has 0 N–H and O–H groups in total. The Morgan fingerprint density at radius 3 is 2.65 bits per heavy atom. The molecule has 3 aromatic rings. The molecule has 0 amide bonds. The second-order valence-electron chi connectivity index (χ2n) is 5.74. The van der Waals surface area contributed by atoms with E-state index in [1.807, 2.05) is 31.4 Å². The molecule has 2 aromatic heterocycles. The number of carbonyl (C=O) groups is 1. The fourth-order valence-electron chi connectivity index (χ4n) is 2.84. The summed E-state index contributed by atoms with van der Waals surface area (Å²) in [7, 11) is 3.11. The zero-order chi connectivity index (χ0) is 18.7. The van der Waals surface area contributed by atoms with Gasteiger partial charge in [-0.25, -0.2) is 4.98 Å². The third kappa shape index (κ3) is 3.41. The third-order valence-electron chi connectivity index (χ3n) is 4.17. The van der Waals surface area contributed by atoms with Crippen LogP contribution in [0.1, 0.15) is 27.3 Å². The minimum absolute atomic E-state index is 0.139. The molecule has 3 rings (SSSR count). The first-order chi connectivity index (χ1) is 12.5. The number of methoxy groups -OCH3 is 2. The molecule has 0 aliphatic rings. The molecular weight excluding hydrogens is 348 g/mol. The summed E-state index contributed by atoms with van der Waals surface area (Å²) in [6, 6.07) is 7.23. The van der Waals surface area contributed by atoms with E-state index in [-0.39, 0.29) is 5.78 Å². The van der Waals surface area contributed by atoms with Crippen LogP contribution < -0.4 is 9.47 Å². The number of aromatic nitrogens is 2. The molecule has 0 aliphatic heterocycles. The van der Waals surface area contributed by atoms with E-state index in [9.17, 15) is 4.79 Å². The number of hydrogen-bond donors (Lipinski definition) is 0. The largest absolute Gasteiger partial charge is 0.497 e. The number of carbonyl (C=O) groups excluding carboxylic acids is 1. The highest BCUT2D eigenvalue weighted by molar-refractivity contribution is 7.12. The van der Waals surface area contributed by atoms with Gasteiger partial charge in [0, 0.05) is 23.0 Å². The Bertz CT molecular complexity index is 956. The highest BCUT2D eigenvalue weighted by Crippen LogP contribution is 2.26. The number of hydrogen-bond acceptors (Lipinski definition) is 5. The number of thiazole rings is 1. The van der Waals surface area contributed by atoms with Crippen LogP contribution in [-0.4, -0.2) is 29.6 Å². The van der Waals surface area contributed by atoms with Gasteiger partial charge in [-0.1, -0.05) is 0 Å². The summed E-state index contributed by atoms with van der Waals surface area (Å²) in [5, 5.41) is 2.86. The van der Waals surface area contributed by atoms with Crippen LogP contribution in [0.2, 0.25) is 0 Å². The Kier molecular flexibility index (Phi) is 5.23. The summed E-state index contributed by atoms with van der Waals surface area (Å²) in [5.41, 5.74) is 3.56. The van der Waals surface area contributed by atoms with Gasteiger partial charge in [0.25, 0.3) is 0 Å². The lowest BCUT2D eigenvalue weighted by atomic mass is 10.1. The van der Waals surface area contributed by atoms with Gasteiger partial charge in [-0.2, -0.15) is 0 Å². The van der Waals surface area contributed by atoms with E-state index in [4.69, 9.17) is 9.47 Å². The Morgan fingerprint density at radius 1 is 1.19 bits per heavy atom. The van der Waals surface area contributed by atoms with E-state index in [0.717, 1.165) is 22.1 Å². The van der Waals surface area contributed by atoms with Gasteiger partial charge in [-0.05, 0) is 55.8 Å². The molecule has 0 unspecified atom stereocenters. The lowest BCUT2D eigenvalue weighted by Gasteiger charge is -2.08. The maximum atomic E-state index is 12.7. The van der Waals surface area contributed by atoms with Gasteiger partial charge >= 0.3 is 0 Å². The average molecular weight is 368 g/mol. The van der Waals surface area contributed by atoms with Gasteiger partial charge in [-0.3, -0.25) is 9.36 Å². The first kappa shape index (κ1) is 17.9. The number of ether oxygens (including phenoxy) is 2. The molecule has 0 atom stereocenters. The molecule has 0 radical (unpaired) electrons. The first-order valence-electron chi connectivity index (χ1n) is 8.08. The van der Waals surface area contributed by atoms with Crippen molar-refractivity contribution in [3.8, 4) is 16.6 Å². The zero-order valence-electron chi connectivity index (χ0n) is 15.1. The Morgan fingerprint density at radius 2 is 2.00 bits per heavy atom. The van der Waals surface area contributed by atoms with Crippen LogP contribution in [0.15, 0.2) is 41.9 Å². The number of rotatable bonds is 6. The van der Waals surface area contributed by atoms with Crippen LogP contribution in [0, 0.1) is 13.8 Å². The van der Waals surface area contributed by atoms with Crippen LogP contribution in [-0.2, 0) is 0 Å². The van der Waals surface area contributed by atoms with Gasteiger partial charge in [0.2, 0.25) is 0 Å². The van der Waals surface area contributed by atoms with Gasteiger partial charge in [-0.15, -0.1) is 11.3 Å². The number of ketones is 1. The van der Waals surface area contributed by atoms with Crippen molar-refractivity contribution in [2.75, 3.05) is 14.2 Å². The zero-order valence-corrected chi connectivity index (χ0v) is 16.0. The van der Waals surface area contributed by atoms with E-state index < -0.39 is 0 Å². The predicted octanol–water partition coefficient (Wildman–Crippen LogP) is 4.46. The second kappa shape index (κ2) is 7.58. The molecule has 1 aromatic carbocycles. The average Bonchev–Trinajstić information content (AvgIpc) is 3.26. The molecule has 0 spiro atoms. The van der Waals surface area contributed by atoms with Crippen LogP contribution in [0.3, 0.4) is 0 Å². The molecule has 0 saturated heterocycles. The predicted molar refractivity (Wildman–Crippen MR) is 104 cm³/mol. The van der Waals surface area contributed by atoms with Crippen molar-refractivity contribution in [1.82, 2.24) is 9.55 Å². The van der Waals surface area contributed by atoms with Gasteiger partial charge < -0.3 is 9.47 Å². The summed E-state index contributed by atoms with van der Waals surface area (Å²) in [5.74, 6) is 0.998. The minimum Gasteiger partial charge on any atom is -0.497 e. The fraction of sp³-hybridized carbons (Fsp3) is 0.200. The standard InChI is InChI=1S/C20H20N2O3S/c1-13-11-15(14(2)22(13)20-21-9-10-26-20)5-7-18(23)17-12-16(24-3)6-8-19(17)25-4/h5-12H,1-4H3/b7-5+. The van der Waals surface area contributed by atoms with Crippen molar-refractivity contribution < 1.29 is 14.3 Å². The monoisotopic (exact) mass is 368 g/mol. The molecule has 134 valence electrons. The minimum atomic E-state index is -0.139. The van der Waals surface area contributed by atoms with E-state index in [1.54, 1.807) is 56.0 Å². The number of aryl methyl sites for hydroxylation is 1. The molecule has 2 heterocycles. The smallest absolute Gasteiger partial charge is 0.193 e. The van der Waals surface area contributed by atoms with Crippen LogP contribution in [0.5, 0.6) is 11.5 Å². The fourth-order valence-corrected chi connectivity index (χ4v) is 3.59. The maximum absolute atomic E-state index is 12.7. The summed E-state index contributed by atoms with van der Waals surface area (Å²) < 4.78 is 12.6. The topological polar surface area (TPSA) is 53.4 Å². The Balaban J connectivity index is 1.91. The maximum Gasteiger partial charge on any atom is 0.193 e. The highest BCUT2D eigenvalue weighted by Gasteiger charge is 2.13. The SMILES string of the molecule is COc1ccc(OC)c(C(=O)/C=C/c2cc(C)n(-c3nccs3)c2C)c1. The van der Waals surface area contributed by atoms with Crippen molar-refractivity contribution in [3.63, 3.8) is 0 Å². The summed E-state index contributed by atoms with van der Waals surface area (Å²) in [6.07, 6.45) is 5.17. The van der Waals surface area contributed by atoms with Crippen molar-refractivity contribution in [2.24, 2.45) is 0 Å². The van der Waals surface area contributed by atoms with Crippen LogP contribution in [0.25, 0.3) is 11.2 Å². The lowest BCUT2D eigenvalue weighted by molar-refractivity contribution is 0.104. The van der Waals surface area contributed by atoms with Crippen molar-refractivity contribution in [1.29, 1.82) is 0 Å². The molecule has 0 bridgehead atoms. The van der Waals surface area contributed by atoms with E-state index in [0.29, 0.717) is 17.1 Å². The molecule has 0 saturated carbocycles. The van der Waals surface area contributed by atoms with E-state index in [2.05, 4.69) is 9.55 Å². The van der Waals surface area contributed by atoms with Crippen molar-refractivity contribution >= 4 is 23.2 Å². The molecule has 26 heavy (non-hydrogen) atoms. The van der Waals surface area contributed by atoms with Crippen molar-refractivity contribution in [3.05, 3.63) is 64.4 Å². The van der Waals surface area contributed by atoms with Gasteiger partial charge in [0.05, 0.1) is 19.8 Å². The summed E-state index contributed by atoms with van der Waals surface area (Å²) in [4.78, 5) is 17.0. The van der Waals surface area contributed by atoms with Crippen molar-refractivity contribution in [2.45, 2.75) is 13.8 Å². The normalized spacial score (nSPS) is 11.1. The Hall–Kier alpha value is -2.86.